The summed E-state index contributed by atoms with van der Waals surface area (Å²) < 4.78 is 1.16. The van der Waals surface area contributed by atoms with Crippen LogP contribution in [0, 0.1) is 12.8 Å². The van der Waals surface area contributed by atoms with Gasteiger partial charge in [-0.15, -0.1) is 0 Å². The molecule has 0 spiro atoms. The summed E-state index contributed by atoms with van der Waals surface area (Å²) in [5.74, 6) is 0.680. The maximum absolute atomic E-state index is 3.63. The molecule has 0 bridgehead atoms. The fourth-order valence-electron chi connectivity index (χ4n) is 2.45. The van der Waals surface area contributed by atoms with Gasteiger partial charge in [-0.2, -0.15) is 0 Å². The molecule has 2 unspecified atom stereocenters. The Kier molecular flexibility index (Phi) is 6.21. The fourth-order valence-corrected chi connectivity index (χ4v) is 2.92. The monoisotopic (exact) mass is 297 g/mol. The number of rotatable bonds is 6. The lowest BCUT2D eigenvalue weighted by Crippen LogP contribution is -2.27. The van der Waals surface area contributed by atoms with E-state index in [0.29, 0.717) is 12.0 Å². The van der Waals surface area contributed by atoms with Crippen LogP contribution in [0.1, 0.15) is 50.8 Å². The van der Waals surface area contributed by atoms with Gasteiger partial charge in [0.2, 0.25) is 0 Å². The van der Waals surface area contributed by atoms with Gasteiger partial charge in [0.1, 0.15) is 0 Å². The van der Waals surface area contributed by atoms with Crippen LogP contribution in [-0.2, 0) is 0 Å². The SMILES string of the molecule is CCCC(C)C(NCC)c1ccc(Br)cc1C. The lowest BCUT2D eigenvalue weighted by Gasteiger charge is -2.26. The van der Waals surface area contributed by atoms with E-state index < -0.39 is 0 Å². The second kappa shape index (κ2) is 7.17. The fraction of sp³-hybridized carbons (Fsp3) is 0.600. The molecule has 2 atom stereocenters. The molecule has 1 aromatic carbocycles. The molecule has 0 aliphatic rings. The van der Waals surface area contributed by atoms with E-state index in [-0.39, 0.29) is 0 Å². The van der Waals surface area contributed by atoms with Crippen LogP contribution in [-0.4, -0.2) is 6.54 Å². The standard InChI is InChI=1S/C15H24BrN/c1-5-7-11(3)15(17-6-2)14-9-8-13(16)10-12(14)4/h8-11,15,17H,5-7H2,1-4H3. The lowest BCUT2D eigenvalue weighted by molar-refractivity contribution is 0.368. The second-order valence-corrected chi connectivity index (χ2v) is 5.72. The molecule has 0 saturated heterocycles. The van der Waals surface area contributed by atoms with E-state index >= 15 is 0 Å². The summed E-state index contributed by atoms with van der Waals surface area (Å²) in [6, 6.07) is 7.08. The molecule has 0 amide bonds. The van der Waals surface area contributed by atoms with Crippen LogP contribution in [0.4, 0.5) is 0 Å². The molecule has 1 nitrogen and oxygen atoms in total. The van der Waals surface area contributed by atoms with Gasteiger partial charge in [0.05, 0.1) is 0 Å². The quantitative estimate of drug-likeness (QED) is 0.792. The van der Waals surface area contributed by atoms with Gasteiger partial charge in [-0.3, -0.25) is 0 Å². The predicted octanol–water partition coefficient (Wildman–Crippen LogP) is 4.84. The molecule has 1 aromatic rings. The molecule has 96 valence electrons. The number of halogens is 1. The third-order valence-corrected chi connectivity index (χ3v) is 3.80. The number of benzene rings is 1. The van der Waals surface area contributed by atoms with Crippen LogP contribution < -0.4 is 5.32 Å². The normalized spacial score (nSPS) is 14.6. The molecule has 0 saturated carbocycles. The minimum Gasteiger partial charge on any atom is -0.310 e. The largest absolute Gasteiger partial charge is 0.310 e. The van der Waals surface area contributed by atoms with Crippen LogP contribution >= 0.6 is 15.9 Å². The first-order valence-electron chi connectivity index (χ1n) is 6.59. The van der Waals surface area contributed by atoms with E-state index in [9.17, 15) is 0 Å². The number of nitrogens with one attached hydrogen (secondary N) is 1. The van der Waals surface area contributed by atoms with Gasteiger partial charge in [0.25, 0.3) is 0 Å². The molecule has 2 heteroatoms. The van der Waals surface area contributed by atoms with Gasteiger partial charge < -0.3 is 5.32 Å². The van der Waals surface area contributed by atoms with Crippen LogP contribution in [0.5, 0.6) is 0 Å². The Morgan fingerprint density at radius 2 is 2.00 bits per heavy atom. The first-order chi connectivity index (χ1) is 8.10. The van der Waals surface area contributed by atoms with E-state index in [0.717, 1.165) is 11.0 Å². The topological polar surface area (TPSA) is 12.0 Å². The van der Waals surface area contributed by atoms with Gasteiger partial charge in [0, 0.05) is 10.5 Å². The van der Waals surface area contributed by atoms with E-state index in [4.69, 9.17) is 0 Å². The third-order valence-electron chi connectivity index (χ3n) is 3.30. The molecular formula is C15H24BrN. The molecule has 1 rings (SSSR count). The molecule has 0 radical (unpaired) electrons. The Morgan fingerprint density at radius 1 is 1.29 bits per heavy atom. The molecular weight excluding hydrogens is 274 g/mol. The summed E-state index contributed by atoms with van der Waals surface area (Å²) in [6.07, 6.45) is 2.52. The van der Waals surface area contributed by atoms with E-state index in [2.05, 4.69) is 67.1 Å². The minimum absolute atomic E-state index is 0.480. The average molecular weight is 298 g/mol. The first kappa shape index (κ1) is 14.7. The van der Waals surface area contributed by atoms with Gasteiger partial charge in [-0.1, -0.05) is 49.2 Å². The summed E-state index contributed by atoms with van der Waals surface area (Å²) in [6.45, 7) is 10.0. The van der Waals surface area contributed by atoms with Crippen molar-refractivity contribution in [1.82, 2.24) is 5.32 Å². The van der Waals surface area contributed by atoms with E-state index in [1.165, 1.54) is 24.0 Å². The second-order valence-electron chi connectivity index (χ2n) is 4.80. The minimum atomic E-state index is 0.480. The van der Waals surface area contributed by atoms with Crippen LogP contribution in [0.15, 0.2) is 22.7 Å². The molecule has 0 aromatic heterocycles. The van der Waals surface area contributed by atoms with Crippen molar-refractivity contribution in [3.63, 3.8) is 0 Å². The highest BCUT2D eigenvalue weighted by Crippen LogP contribution is 2.29. The van der Waals surface area contributed by atoms with Gasteiger partial charge in [-0.05, 0) is 49.1 Å². The highest BCUT2D eigenvalue weighted by Gasteiger charge is 2.19. The maximum atomic E-state index is 3.63. The summed E-state index contributed by atoms with van der Waals surface area (Å²) in [7, 11) is 0. The zero-order valence-electron chi connectivity index (χ0n) is 11.4. The highest BCUT2D eigenvalue weighted by atomic mass is 79.9. The number of hydrogen-bond donors (Lipinski definition) is 1. The summed E-state index contributed by atoms with van der Waals surface area (Å²) in [5, 5.41) is 3.63. The Labute approximate surface area is 114 Å². The summed E-state index contributed by atoms with van der Waals surface area (Å²) in [4.78, 5) is 0. The van der Waals surface area contributed by atoms with Crippen molar-refractivity contribution in [1.29, 1.82) is 0 Å². The third kappa shape index (κ3) is 4.11. The Morgan fingerprint density at radius 3 is 2.53 bits per heavy atom. The van der Waals surface area contributed by atoms with Crippen molar-refractivity contribution in [2.24, 2.45) is 5.92 Å². The van der Waals surface area contributed by atoms with Crippen molar-refractivity contribution < 1.29 is 0 Å². The number of aryl methyl sites for hydroxylation is 1. The number of hydrogen-bond acceptors (Lipinski definition) is 1. The Balaban J connectivity index is 2.96. The zero-order valence-corrected chi connectivity index (χ0v) is 13.0. The molecule has 0 heterocycles. The Bertz CT molecular complexity index is 349. The Hall–Kier alpha value is -0.340. The van der Waals surface area contributed by atoms with Crippen molar-refractivity contribution in [2.45, 2.75) is 46.6 Å². The maximum Gasteiger partial charge on any atom is 0.0348 e. The van der Waals surface area contributed by atoms with E-state index in [1.54, 1.807) is 0 Å². The summed E-state index contributed by atoms with van der Waals surface area (Å²) >= 11 is 3.53. The van der Waals surface area contributed by atoms with Crippen LogP contribution in [0.2, 0.25) is 0 Å². The van der Waals surface area contributed by atoms with Crippen molar-refractivity contribution >= 4 is 15.9 Å². The smallest absolute Gasteiger partial charge is 0.0348 e. The lowest BCUT2D eigenvalue weighted by atomic mass is 9.88. The zero-order chi connectivity index (χ0) is 12.8. The summed E-state index contributed by atoms with van der Waals surface area (Å²) in [5.41, 5.74) is 2.81. The van der Waals surface area contributed by atoms with Crippen molar-refractivity contribution in [3.8, 4) is 0 Å². The van der Waals surface area contributed by atoms with Crippen molar-refractivity contribution in [2.75, 3.05) is 6.54 Å². The molecule has 1 N–H and O–H groups in total. The van der Waals surface area contributed by atoms with Gasteiger partial charge >= 0.3 is 0 Å². The van der Waals surface area contributed by atoms with Crippen molar-refractivity contribution in [3.05, 3.63) is 33.8 Å². The molecule has 0 fully saturated rings. The average Bonchev–Trinajstić information content (AvgIpc) is 2.27. The van der Waals surface area contributed by atoms with Crippen LogP contribution in [0.3, 0.4) is 0 Å². The first-order valence-corrected chi connectivity index (χ1v) is 7.38. The molecule has 0 aliphatic heterocycles. The molecule has 17 heavy (non-hydrogen) atoms. The van der Waals surface area contributed by atoms with Gasteiger partial charge in [-0.25, -0.2) is 0 Å². The highest BCUT2D eigenvalue weighted by molar-refractivity contribution is 9.10. The predicted molar refractivity (Wildman–Crippen MR) is 79.4 cm³/mol. The molecule has 0 aliphatic carbocycles. The van der Waals surface area contributed by atoms with Gasteiger partial charge in [0.15, 0.2) is 0 Å². The van der Waals surface area contributed by atoms with Crippen LogP contribution in [0.25, 0.3) is 0 Å². The van der Waals surface area contributed by atoms with E-state index in [1.807, 2.05) is 0 Å².